The molecule has 1 aromatic heterocycles. The maximum Gasteiger partial charge on any atom is 0.326 e. The molecule has 0 spiro atoms. The van der Waals surface area contributed by atoms with Crippen LogP contribution in [0.3, 0.4) is 0 Å². The molecule has 0 fully saturated rings. The number of methoxy groups -OCH3 is 1. The first-order valence-electron chi connectivity index (χ1n) is 12.7. The van der Waals surface area contributed by atoms with Gasteiger partial charge in [-0.15, -0.1) is 0 Å². The topological polar surface area (TPSA) is 107 Å². The molecule has 2 unspecified atom stereocenters. The predicted octanol–water partition coefficient (Wildman–Crippen LogP) is 2.94. The first-order chi connectivity index (χ1) is 16.9. The summed E-state index contributed by atoms with van der Waals surface area (Å²) in [5.41, 5.74) is 2.30. The largest absolute Gasteiger partial charge is 0.480 e. The van der Waals surface area contributed by atoms with Gasteiger partial charge in [-0.05, 0) is 70.5 Å². The van der Waals surface area contributed by atoms with Crippen LogP contribution in [0.2, 0.25) is 0 Å². The average molecular weight is 496 g/mol. The number of carbonyl (C=O) groups excluding carboxylic acids is 1. The Hall–Kier alpha value is -2.46. The molecule has 198 valence electrons. The van der Waals surface area contributed by atoms with Gasteiger partial charge in [-0.1, -0.05) is 6.07 Å². The minimum atomic E-state index is -1.16. The molecule has 10 heteroatoms. The summed E-state index contributed by atoms with van der Waals surface area (Å²) in [5.74, 6) is -0.104. The van der Waals surface area contributed by atoms with Crippen molar-refractivity contribution in [2.45, 2.75) is 64.6 Å². The van der Waals surface area contributed by atoms with Crippen molar-refractivity contribution in [3.05, 3.63) is 23.4 Å². The number of alkyl halides is 1. The van der Waals surface area contributed by atoms with E-state index in [2.05, 4.69) is 22.8 Å². The smallest absolute Gasteiger partial charge is 0.326 e. The van der Waals surface area contributed by atoms with Crippen molar-refractivity contribution in [1.29, 1.82) is 0 Å². The van der Waals surface area contributed by atoms with Gasteiger partial charge in [0, 0.05) is 45.5 Å². The number of aromatic nitrogens is 1. The van der Waals surface area contributed by atoms with Crippen molar-refractivity contribution in [2.75, 3.05) is 58.3 Å². The van der Waals surface area contributed by atoms with Gasteiger partial charge < -0.3 is 30.3 Å². The average Bonchev–Trinajstić information content (AvgIpc) is 2.84. The molecule has 9 nitrogen and oxygen atoms in total. The first-order valence-corrected chi connectivity index (χ1v) is 12.7. The number of ether oxygens (including phenoxy) is 1. The quantitative estimate of drug-likeness (QED) is 0.303. The van der Waals surface area contributed by atoms with Gasteiger partial charge in [0.25, 0.3) is 0 Å². The number of urea groups is 1. The van der Waals surface area contributed by atoms with Crippen LogP contribution in [0.4, 0.5) is 15.0 Å². The number of carboxylic acids is 1. The van der Waals surface area contributed by atoms with E-state index in [0.29, 0.717) is 26.2 Å². The summed E-state index contributed by atoms with van der Waals surface area (Å²) in [6.45, 7) is 6.77. The van der Waals surface area contributed by atoms with E-state index in [1.165, 1.54) is 17.6 Å². The van der Waals surface area contributed by atoms with Gasteiger partial charge in [-0.25, -0.2) is 19.0 Å². The first kappa shape index (κ1) is 28.8. The molecule has 3 N–H and O–H groups in total. The molecule has 2 heterocycles. The van der Waals surface area contributed by atoms with Crippen LogP contribution in [-0.2, 0) is 22.4 Å². The number of pyridine rings is 1. The second-order valence-electron chi connectivity index (χ2n) is 8.95. The highest BCUT2D eigenvalue weighted by atomic mass is 19.1. The highest BCUT2D eigenvalue weighted by molar-refractivity contribution is 5.82. The summed E-state index contributed by atoms with van der Waals surface area (Å²) >= 11 is 0. The molecule has 0 bridgehead atoms. The minimum Gasteiger partial charge on any atom is -0.480 e. The van der Waals surface area contributed by atoms with Crippen LogP contribution in [0.25, 0.3) is 0 Å². The van der Waals surface area contributed by atoms with Crippen molar-refractivity contribution in [3.8, 4) is 0 Å². The number of carbonyl (C=O) groups is 2. The summed E-state index contributed by atoms with van der Waals surface area (Å²) < 4.78 is 19.2. The summed E-state index contributed by atoms with van der Waals surface area (Å²) in [4.78, 5) is 32.2. The van der Waals surface area contributed by atoms with Gasteiger partial charge in [-0.2, -0.15) is 0 Å². The van der Waals surface area contributed by atoms with E-state index in [0.717, 1.165) is 50.2 Å². The molecule has 2 rings (SSSR count). The van der Waals surface area contributed by atoms with Gasteiger partial charge in [0.05, 0.1) is 6.61 Å². The highest BCUT2D eigenvalue weighted by Crippen LogP contribution is 2.20. The molecule has 2 atom stereocenters. The van der Waals surface area contributed by atoms with E-state index < -0.39 is 24.2 Å². The number of hydrogen-bond acceptors (Lipinski definition) is 6. The molecule has 2 amide bonds. The van der Waals surface area contributed by atoms with Crippen LogP contribution >= 0.6 is 0 Å². The molecule has 0 saturated heterocycles. The maximum absolute atomic E-state index is 14.3. The Labute approximate surface area is 208 Å². The lowest BCUT2D eigenvalue weighted by Crippen LogP contribution is -2.49. The molecular formula is C25H42FN5O4. The molecule has 0 saturated carbocycles. The second kappa shape index (κ2) is 15.5. The number of hydrogen-bond donors (Lipinski definition) is 3. The lowest BCUT2D eigenvalue weighted by Gasteiger charge is -2.27. The van der Waals surface area contributed by atoms with Crippen LogP contribution in [0.15, 0.2) is 12.1 Å². The Bertz CT molecular complexity index is 793. The number of fused-ring (bicyclic) bond motifs is 1. The molecular weight excluding hydrogens is 453 g/mol. The lowest BCUT2D eigenvalue weighted by atomic mass is 10.1. The van der Waals surface area contributed by atoms with Gasteiger partial charge >= 0.3 is 12.0 Å². The summed E-state index contributed by atoms with van der Waals surface area (Å²) in [7, 11) is 1.46. The minimum absolute atomic E-state index is 0.0103. The van der Waals surface area contributed by atoms with E-state index in [-0.39, 0.29) is 19.6 Å². The van der Waals surface area contributed by atoms with Crippen LogP contribution in [0, 0.1) is 0 Å². The number of anilines is 1. The van der Waals surface area contributed by atoms with Crippen molar-refractivity contribution in [3.63, 3.8) is 0 Å². The van der Waals surface area contributed by atoms with E-state index in [1.807, 2.05) is 18.7 Å². The van der Waals surface area contributed by atoms with Gasteiger partial charge in [-0.3, -0.25) is 0 Å². The normalized spacial score (nSPS) is 14.7. The number of aryl methyl sites for hydroxylation is 2. The molecule has 0 aromatic carbocycles. The fourth-order valence-corrected chi connectivity index (χ4v) is 4.28. The number of nitrogens with zero attached hydrogens (tertiary/aromatic N) is 3. The Balaban J connectivity index is 1.88. The third kappa shape index (κ3) is 9.97. The number of rotatable bonds is 16. The van der Waals surface area contributed by atoms with Crippen LogP contribution in [0.5, 0.6) is 0 Å². The summed E-state index contributed by atoms with van der Waals surface area (Å²) in [6.07, 6.45) is 3.77. The van der Waals surface area contributed by atoms with Gasteiger partial charge in [0.1, 0.15) is 18.0 Å². The predicted molar refractivity (Wildman–Crippen MR) is 135 cm³/mol. The summed E-state index contributed by atoms with van der Waals surface area (Å²) in [5, 5.41) is 15.5. The molecule has 1 aliphatic rings. The lowest BCUT2D eigenvalue weighted by molar-refractivity contribution is -0.139. The number of carboxylic acid groups (broad SMARTS) is 1. The number of aliphatic carboxylic acids is 1. The van der Waals surface area contributed by atoms with E-state index >= 15 is 0 Å². The third-order valence-corrected chi connectivity index (χ3v) is 6.29. The maximum atomic E-state index is 14.3. The van der Waals surface area contributed by atoms with Crippen molar-refractivity contribution >= 4 is 17.8 Å². The van der Waals surface area contributed by atoms with Crippen LogP contribution in [0.1, 0.15) is 50.8 Å². The zero-order valence-corrected chi connectivity index (χ0v) is 21.4. The number of nitrogens with one attached hydrogen (secondary N) is 2. The number of amides is 2. The molecule has 1 aromatic rings. The standard InChI is InChI=1S/C25H42FN5O4/c1-4-31(5-2)25(34)29-22(24(32)33)13-16-30(17-20(26)18-35-3)15-7-6-10-21-12-11-19-9-8-14-27-23(19)28-21/h11-12,20,22H,4-10,13-18H2,1-3H3,(H,27,28)(H,29,34)(H,32,33). The zero-order chi connectivity index (χ0) is 25.6. The van der Waals surface area contributed by atoms with E-state index in [9.17, 15) is 19.1 Å². The highest BCUT2D eigenvalue weighted by Gasteiger charge is 2.24. The van der Waals surface area contributed by atoms with Crippen LogP contribution in [-0.4, -0.2) is 97.1 Å². The SMILES string of the molecule is CCN(CC)C(=O)NC(CCN(CCCCc1ccc2c(n1)NCCC2)CC(F)COC)C(=O)O. The molecule has 35 heavy (non-hydrogen) atoms. The van der Waals surface area contributed by atoms with Gasteiger partial charge in [0.2, 0.25) is 0 Å². The Kier molecular flexibility index (Phi) is 12.8. The number of unbranched alkanes of at least 4 members (excludes halogenated alkanes) is 1. The fourth-order valence-electron chi connectivity index (χ4n) is 4.28. The molecule has 0 radical (unpaired) electrons. The number of halogens is 1. The van der Waals surface area contributed by atoms with Crippen molar-refractivity contribution in [1.82, 2.24) is 20.1 Å². The Morgan fingerprint density at radius 2 is 2.03 bits per heavy atom. The van der Waals surface area contributed by atoms with Crippen molar-refractivity contribution in [2.24, 2.45) is 0 Å². The van der Waals surface area contributed by atoms with E-state index in [4.69, 9.17) is 9.72 Å². The zero-order valence-electron chi connectivity index (χ0n) is 21.4. The fraction of sp³-hybridized carbons (Fsp3) is 0.720. The molecule has 0 aliphatic carbocycles. The Morgan fingerprint density at radius 3 is 2.71 bits per heavy atom. The van der Waals surface area contributed by atoms with Crippen molar-refractivity contribution < 1.29 is 23.8 Å². The monoisotopic (exact) mass is 495 g/mol. The van der Waals surface area contributed by atoms with E-state index in [1.54, 1.807) is 0 Å². The second-order valence-corrected chi connectivity index (χ2v) is 8.95. The summed E-state index contributed by atoms with van der Waals surface area (Å²) in [6, 6.07) is 2.80. The molecule has 1 aliphatic heterocycles. The van der Waals surface area contributed by atoms with Gasteiger partial charge in [0.15, 0.2) is 0 Å². The third-order valence-electron chi connectivity index (χ3n) is 6.29. The van der Waals surface area contributed by atoms with Crippen LogP contribution < -0.4 is 10.6 Å². The Morgan fingerprint density at radius 1 is 1.26 bits per heavy atom.